The average molecular weight is 353 g/mol. The van der Waals surface area contributed by atoms with Crippen LogP contribution >= 0.6 is 0 Å². The second-order valence-electron chi connectivity index (χ2n) is 7.03. The third kappa shape index (κ3) is 3.53. The van der Waals surface area contributed by atoms with Crippen LogP contribution in [0.3, 0.4) is 0 Å². The first-order chi connectivity index (χ1) is 12.7. The summed E-state index contributed by atoms with van der Waals surface area (Å²) in [7, 11) is 0. The van der Waals surface area contributed by atoms with Crippen molar-refractivity contribution in [3.63, 3.8) is 0 Å². The monoisotopic (exact) mass is 353 g/mol. The number of hydrogen-bond donors (Lipinski definition) is 1. The Morgan fingerprint density at radius 3 is 2.96 bits per heavy atom. The molecule has 1 aliphatic rings. The molecule has 0 unspecified atom stereocenters. The fourth-order valence-electron chi connectivity index (χ4n) is 3.54. The van der Waals surface area contributed by atoms with E-state index in [1.165, 1.54) is 12.8 Å². The summed E-state index contributed by atoms with van der Waals surface area (Å²) in [5.74, 6) is 1.86. The fourth-order valence-corrected chi connectivity index (χ4v) is 3.54. The van der Waals surface area contributed by atoms with Crippen LogP contribution in [-0.2, 0) is 13.1 Å². The molecule has 4 rings (SSSR count). The van der Waals surface area contributed by atoms with E-state index in [0.29, 0.717) is 30.2 Å². The van der Waals surface area contributed by atoms with E-state index in [4.69, 9.17) is 4.52 Å². The molecule has 0 spiro atoms. The van der Waals surface area contributed by atoms with Gasteiger partial charge in [0, 0.05) is 18.5 Å². The lowest BCUT2D eigenvalue weighted by molar-refractivity contribution is 0.347. The first-order valence-electron chi connectivity index (χ1n) is 9.21. The van der Waals surface area contributed by atoms with Crippen LogP contribution in [0.2, 0.25) is 0 Å². The van der Waals surface area contributed by atoms with Gasteiger partial charge in [0.1, 0.15) is 0 Å². The van der Waals surface area contributed by atoms with Crippen LogP contribution in [0.5, 0.6) is 0 Å². The summed E-state index contributed by atoms with van der Waals surface area (Å²) < 4.78 is 7.04. The van der Waals surface area contributed by atoms with Crippen molar-refractivity contribution in [2.75, 3.05) is 0 Å². The molecular formula is C19H23N5O2. The van der Waals surface area contributed by atoms with E-state index in [0.717, 1.165) is 24.2 Å². The summed E-state index contributed by atoms with van der Waals surface area (Å²) in [5.41, 5.74) is 0.702. The third-order valence-corrected chi connectivity index (χ3v) is 5.00. The molecule has 0 radical (unpaired) electrons. The minimum Gasteiger partial charge on any atom is -0.339 e. The first-order valence-corrected chi connectivity index (χ1v) is 9.21. The predicted octanol–water partition coefficient (Wildman–Crippen LogP) is 2.62. The summed E-state index contributed by atoms with van der Waals surface area (Å²) in [5, 5.41) is 8.06. The quantitative estimate of drug-likeness (QED) is 0.733. The maximum absolute atomic E-state index is 12.5. The minimum atomic E-state index is -0.0210. The van der Waals surface area contributed by atoms with Crippen molar-refractivity contribution in [1.82, 2.24) is 25.0 Å². The fraction of sp³-hybridized carbons (Fsp3) is 0.474. The van der Waals surface area contributed by atoms with Gasteiger partial charge in [0.05, 0.1) is 23.8 Å². The maximum atomic E-state index is 12.5. The Hall–Kier alpha value is -2.54. The normalized spacial score (nSPS) is 16.3. The van der Waals surface area contributed by atoms with Crippen LogP contribution in [0.1, 0.15) is 50.2 Å². The van der Waals surface area contributed by atoms with E-state index >= 15 is 0 Å². The molecule has 2 aromatic heterocycles. The van der Waals surface area contributed by atoms with Crippen molar-refractivity contribution in [3.05, 3.63) is 52.7 Å². The van der Waals surface area contributed by atoms with Gasteiger partial charge >= 0.3 is 0 Å². The average Bonchev–Trinajstić information content (AvgIpc) is 3.34. The number of hydrogen-bond acceptors (Lipinski definition) is 6. The number of para-hydroxylation sites is 1. The lowest BCUT2D eigenvalue weighted by Crippen LogP contribution is -2.34. The number of aromatic nitrogens is 4. The Morgan fingerprint density at radius 1 is 1.31 bits per heavy atom. The molecule has 1 N–H and O–H groups in total. The summed E-state index contributed by atoms with van der Waals surface area (Å²) in [6, 6.07) is 7.47. The number of rotatable bonds is 6. The number of nitrogens with zero attached hydrogens (tertiary/aromatic N) is 4. The zero-order valence-electron chi connectivity index (χ0n) is 14.9. The highest BCUT2D eigenvalue weighted by Gasteiger charge is 2.22. The van der Waals surface area contributed by atoms with E-state index in [-0.39, 0.29) is 11.6 Å². The molecule has 0 aliphatic heterocycles. The van der Waals surface area contributed by atoms with Gasteiger partial charge in [0.25, 0.3) is 5.56 Å². The third-order valence-electron chi connectivity index (χ3n) is 5.00. The standard InChI is InChI=1S/C19H23N5O2/c1-13(11-24-12-21-16-9-5-4-8-15(16)19(24)25)20-10-17-22-18(26-23-17)14-6-2-3-7-14/h4-5,8-9,12-14,20H,2-3,6-7,10-11H2,1H3/t13-/m1/s1. The van der Waals surface area contributed by atoms with Crippen LogP contribution in [0.25, 0.3) is 10.9 Å². The number of nitrogens with one attached hydrogen (secondary N) is 1. The molecule has 0 saturated heterocycles. The Labute approximate surface area is 151 Å². The first kappa shape index (κ1) is 16.9. The second kappa shape index (κ2) is 7.37. The molecule has 1 saturated carbocycles. The van der Waals surface area contributed by atoms with Gasteiger partial charge in [-0.3, -0.25) is 9.36 Å². The maximum Gasteiger partial charge on any atom is 0.261 e. The van der Waals surface area contributed by atoms with Crippen molar-refractivity contribution in [2.45, 2.75) is 57.7 Å². The highest BCUT2D eigenvalue weighted by molar-refractivity contribution is 5.76. The predicted molar refractivity (Wildman–Crippen MR) is 97.8 cm³/mol. The SMILES string of the molecule is C[C@H](Cn1cnc2ccccc2c1=O)NCc1noc(C2CCCC2)n1. The Morgan fingerprint density at radius 2 is 2.12 bits per heavy atom. The zero-order valence-corrected chi connectivity index (χ0v) is 14.9. The summed E-state index contributed by atoms with van der Waals surface area (Å²) in [6.07, 6.45) is 6.38. The zero-order chi connectivity index (χ0) is 17.9. The van der Waals surface area contributed by atoms with Gasteiger partial charge in [-0.2, -0.15) is 4.98 Å². The lowest BCUT2D eigenvalue weighted by Gasteiger charge is -2.14. The van der Waals surface area contributed by atoms with E-state index < -0.39 is 0 Å². The smallest absolute Gasteiger partial charge is 0.261 e. The molecule has 26 heavy (non-hydrogen) atoms. The van der Waals surface area contributed by atoms with Gasteiger partial charge in [-0.05, 0) is 31.9 Å². The van der Waals surface area contributed by atoms with Gasteiger partial charge in [-0.1, -0.05) is 30.1 Å². The molecule has 2 heterocycles. The van der Waals surface area contributed by atoms with Crippen LogP contribution in [0, 0.1) is 0 Å². The van der Waals surface area contributed by atoms with Gasteiger partial charge in [-0.15, -0.1) is 0 Å². The summed E-state index contributed by atoms with van der Waals surface area (Å²) in [4.78, 5) is 21.4. The number of fused-ring (bicyclic) bond motifs is 1. The molecule has 3 aromatic rings. The molecule has 7 nitrogen and oxygen atoms in total. The van der Waals surface area contributed by atoms with E-state index in [9.17, 15) is 4.79 Å². The molecule has 0 bridgehead atoms. The van der Waals surface area contributed by atoms with E-state index in [2.05, 4.69) is 20.4 Å². The summed E-state index contributed by atoms with van der Waals surface area (Å²) in [6.45, 7) is 3.08. The molecule has 1 atom stereocenters. The molecule has 136 valence electrons. The van der Waals surface area contributed by atoms with Crippen LogP contribution in [0.15, 0.2) is 39.9 Å². The summed E-state index contributed by atoms with van der Waals surface area (Å²) >= 11 is 0. The van der Waals surface area contributed by atoms with Crippen molar-refractivity contribution in [2.24, 2.45) is 0 Å². The largest absolute Gasteiger partial charge is 0.339 e. The molecule has 7 heteroatoms. The van der Waals surface area contributed by atoms with Crippen molar-refractivity contribution < 1.29 is 4.52 Å². The Kier molecular flexibility index (Phi) is 4.79. The highest BCUT2D eigenvalue weighted by Crippen LogP contribution is 2.32. The Bertz CT molecular complexity index is 942. The molecule has 0 amide bonds. The van der Waals surface area contributed by atoms with E-state index in [1.807, 2.05) is 31.2 Å². The van der Waals surface area contributed by atoms with Gasteiger partial charge in [0.2, 0.25) is 5.89 Å². The minimum absolute atomic E-state index is 0.0210. The second-order valence-corrected chi connectivity index (χ2v) is 7.03. The van der Waals surface area contributed by atoms with Crippen molar-refractivity contribution >= 4 is 10.9 Å². The van der Waals surface area contributed by atoms with Gasteiger partial charge in [0.15, 0.2) is 5.82 Å². The van der Waals surface area contributed by atoms with Crippen LogP contribution in [0.4, 0.5) is 0 Å². The highest BCUT2D eigenvalue weighted by atomic mass is 16.5. The van der Waals surface area contributed by atoms with Crippen molar-refractivity contribution in [1.29, 1.82) is 0 Å². The molecule has 1 aromatic carbocycles. The number of benzene rings is 1. The van der Waals surface area contributed by atoms with Crippen LogP contribution < -0.4 is 10.9 Å². The van der Waals surface area contributed by atoms with Gasteiger partial charge in [-0.25, -0.2) is 4.98 Å². The van der Waals surface area contributed by atoms with Gasteiger partial charge < -0.3 is 9.84 Å². The Balaban J connectivity index is 1.37. The van der Waals surface area contributed by atoms with Crippen molar-refractivity contribution in [3.8, 4) is 0 Å². The van der Waals surface area contributed by atoms with E-state index in [1.54, 1.807) is 10.9 Å². The van der Waals surface area contributed by atoms with Crippen LogP contribution in [-0.4, -0.2) is 25.7 Å². The molecule has 1 aliphatic carbocycles. The molecular weight excluding hydrogens is 330 g/mol. The lowest BCUT2D eigenvalue weighted by atomic mass is 10.1. The topological polar surface area (TPSA) is 85.8 Å². The molecule has 1 fully saturated rings.